The number of halogens is 1. The van der Waals surface area contributed by atoms with Crippen molar-refractivity contribution in [1.29, 1.82) is 0 Å². The van der Waals surface area contributed by atoms with E-state index in [0.29, 0.717) is 36.7 Å². The molecular formula is C14H28IN5O. The highest BCUT2D eigenvalue weighted by Gasteiger charge is 2.11. The molecule has 0 aromatic carbocycles. The minimum atomic E-state index is 0. The summed E-state index contributed by atoms with van der Waals surface area (Å²) < 4.78 is 5.20. The minimum absolute atomic E-state index is 0. The summed E-state index contributed by atoms with van der Waals surface area (Å²) in [5.41, 5.74) is 0. The van der Waals surface area contributed by atoms with Crippen molar-refractivity contribution < 1.29 is 4.52 Å². The Morgan fingerprint density at radius 3 is 2.38 bits per heavy atom. The molecule has 122 valence electrons. The van der Waals surface area contributed by atoms with Crippen molar-refractivity contribution in [2.75, 3.05) is 13.6 Å². The molecule has 1 aromatic heterocycles. The molecule has 0 fully saturated rings. The Morgan fingerprint density at radius 1 is 1.24 bits per heavy atom. The van der Waals surface area contributed by atoms with Gasteiger partial charge in [0, 0.05) is 32.0 Å². The summed E-state index contributed by atoms with van der Waals surface area (Å²) in [6.07, 6.45) is 0.691. The molecule has 6 nitrogen and oxygen atoms in total. The Labute approximate surface area is 144 Å². The topological polar surface area (TPSA) is 75.3 Å². The lowest BCUT2D eigenvalue weighted by Gasteiger charge is -2.20. The lowest BCUT2D eigenvalue weighted by atomic mass is 10.1. The first-order valence-corrected chi connectivity index (χ1v) is 7.23. The fourth-order valence-electron chi connectivity index (χ4n) is 1.47. The number of nitrogens with zero attached hydrogens (tertiary/aromatic N) is 3. The third-order valence-electron chi connectivity index (χ3n) is 3.22. The first-order valence-electron chi connectivity index (χ1n) is 7.23. The molecule has 0 saturated carbocycles. The van der Waals surface area contributed by atoms with Gasteiger partial charge < -0.3 is 15.2 Å². The maximum atomic E-state index is 5.20. The van der Waals surface area contributed by atoms with Crippen LogP contribution in [0.5, 0.6) is 0 Å². The fourth-order valence-corrected chi connectivity index (χ4v) is 1.47. The van der Waals surface area contributed by atoms with Crippen molar-refractivity contribution in [1.82, 2.24) is 20.8 Å². The number of rotatable bonds is 6. The second-order valence-corrected chi connectivity index (χ2v) is 5.63. The lowest BCUT2D eigenvalue weighted by molar-refractivity contribution is 0.371. The number of aromatic nitrogens is 2. The zero-order chi connectivity index (χ0) is 15.1. The first-order chi connectivity index (χ1) is 9.43. The molecule has 0 amide bonds. The van der Waals surface area contributed by atoms with Crippen LogP contribution in [-0.4, -0.2) is 35.7 Å². The molecule has 1 atom stereocenters. The number of nitrogens with one attached hydrogen (secondary N) is 2. The normalized spacial score (nSPS) is 13.2. The van der Waals surface area contributed by atoms with Gasteiger partial charge in [0.1, 0.15) is 0 Å². The van der Waals surface area contributed by atoms with Crippen molar-refractivity contribution in [3.63, 3.8) is 0 Å². The van der Waals surface area contributed by atoms with E-state index in [-0.39, 0.29) is 24.0 Å². The second kappa shape index (κ2) is 9.97. The summed E-state index contributed by atoms with van der Waals surface area (Å²) in [5, 5.41) is 10.5. The first kappa shape index (κ1) is 20.1. The van der Waals surface area contributed by atoms with Gasteiger partial charge in [0.25, 0.3) is 0 Å². The highest BCUT2D eigenvalue weighted by Crippen LogP contribution is 2.09. The van der Waals surface area contributed by atoms with Gasteiger partial charge in [0.05, 0.1) is 0 Å². The van der Waals surface area contributed by atoms with Crippen LogP contribution in [0.3, 0.4) is 0 Å². The van der Waals surface area contributed by atoms with E-state index in [9.17, 15) is 0 Å². The lowest BCUT2D eigenvalue weighted by Crippen LogP contribution is -2.44. The SMILES string of the molecule is CN=C(NCCc1nc(C(C)C)no1)NC(C)C(C)C.I. The maximum absolute atomic E-state index is 5.20. The van der Waals surface area contributed by atoms with E-state index in [1.807, 2.05) is 13.8 Å². The van der Waals surface area contributed by atoms with Crippen LogP contribution in [0.25, 0.3) is 0 Å². The molecule has 21 heavy (non-hydrogen) atoms. The summed E-state index contributed by atoms with van der Waals surface area (Å²) in [5.74, 6) is 3.07. The molecule has 2 N–H and O–H groups in total. The molecule has 0 aliphatic carbocycles. The Morgan fingerprint density at radius 2 is 1.90 bits per heavy atom. The van der Waals surface area contributed by atoms with Gasteiger partial charge in [-0.15, -0.1) is 24.0 Å². The van der Waals surface area contributed by atoms with Crippen molar-refractivity contribution in [2.45, 2.75) is 53.0 Å². The summed E-state index contributed by atoms with van der Waals surface area (Å²) in [4.78, 5) is 8.55. The highest BCUT2D eigenvalue weighted by molar-refractivity contribution is 14.0. The van der Waals surface area contributed by atoms with Crippen LogP contribution in [0, 0.1) is 5.92 Å². The number of aliphatic imine (C=N–C) groups is 1. The van der Waals surface area contributed by atoms with Crippen LogP contribution >= 0.6 is 24.0 Å². The van der Waals surface area contributed by atoms with Gasteiger partial charge in [-0.1, -0.05) is 32.9 Å². The van der Waals surface area contributed by atoms with Gasteiger partial charge in [-0.25, -0.2) is 0 Å². The van der Waals surface area contributed by atoms with Crippen LogP contribution in [0.1, 0.15) is 52.3 Å². The monoisotopic (exact) mass is 409 g/mol. The fraction of sp³-hybridized carbons (Fsp3) is 0.786. The summed E-state index contributed by atoms with van der Waals surface area (Å²) in [6.45, 7) is 11.3. The largest absolute Gasteiger partial charge is 0.356 e. The predicted molar refractivity (Wildman–Crippen MR) is 96.3 cm³/mol. The maximum Gasteiger partial charge on any atom is 0.228 e. The molecule has 1 aromatic rings. The second-order valence-electron chi connectivity index (χ2n) is 5.63. The quantitative estimate of drug-likeness (QED) is 0.429. The molecule has 7 heteroatoms. The standard InChI is InChI=1S/C14H27N5O.HI/c1-9(2)11(5)17-14(15-6)16-8-7-12-18-13(10(3)4)19-20-12;/h9-11H,7-8H2,1-6H3,(H2,15,16,17);1H. The Kier molecular flexibility index (Phi) is 9.56. The molecule has 1 heterocycles. The Bertz CT molecular complexity index is 431. The van der Waals surface area contributed by atoms with E-state index in [4.69, 9.17) is 4.52 Å². The third-order valence-corrected chi connectivity index (χ3v) is 3.22. The number of hydrogen-bond acceptors (Lipinski definition) is 4. The van der Waals surface area contributed by atoms with E-state index in [2.05, 4.69) is 46.5 Å². The van der Waals surface area contributed by atoms with Crippen molar-refractivity contribution in [3.05, 3.63) is 11.7 Å². The van der Waals surface area contributed by atoms with Gasteiger partial charge in [0.15, 0.2) is 11.8 Å². The van der Waals surface area contributed by atoms with E-state index >= 15 is 0 Å². The average Bonchev–Trinajstić information content (AvgIpc) is 2.86. The van der Waals surface area contributed by atoms with Gasteiger partial charge in [-0.05, 0) is 12.8 Å². The molecule has 0 bridgehead atoms. The number of hydrogen-bond donors (Lipinski definition) is 2. The Balaban J connectivity index is 0.00000400. The molecule has 0 spiro atoms. The van der Waals surface area contributed by atoms with Crippen LogP contribution < -0.4 is 10.6 Å². The van der Waals surface area contributed by atoms with Crippen molar-refractivity contribution >= 4 is 29.9 Å². The minimum Gasteiger partial charge on any atom is -0.356 e. The molecule has 1 rings (SSSR count). The molecule has 1 unspecified atom stereocenters. The zero-order valence-corrected chi connectivity index (χ0v) is 16.1. The van der Waals surface area contributed by atoms with Gasteiger partial charge in [-0.3, -0.25) is 4.99 Å². The predicted octanol–water partition coefficient (Wildman–Crippen LogP) is 2.56. The van der Waals surface area contributed by atoms with Crippen LogP contribution in [0.2, 0.25) is 0 Å². The summed E-state index contributed by atoms with van der Waals surface area (Å²) in [7, 11) is 1.77. The zero-order valence-electron chi connectivity index (χ0n) is 13.8. The Hall–Kier alpha value is -0.860. The van der Waals surface area contributed by atoms with Crippen molar-refractivity contribution in [2.24, 2.45) is 10.9 Å². The highest BCUT2D eigenvalue weighted by atomic mass is 127. The van der Waals surface area contributed by atoms with E-state index in [1.165, 1.54) is 0 Å². The summed E-state index contributed by atoms with van der Waals surface area (Å²) >= 11 is 0. The van der Waals surface area contributed by atoms with Gasteiger partial charge in [0.2, 0.25) is 5.89 Å². The molecule has 0 saturated heterocycles. The smallest absolute Gasteiger partial charge is 0.228 e. The van der Waals surface area contributed by atoms with Crippen molar-refractivity contribution in [3.8, 4) is 0 Å². The molecule has 0 aliphatic rings. The third kappa shape index (κ3) is 7.10. The number of guanidine groups is 1. The van der Waals surface area contributed by atoms with E-state index < -0.39 is 0 Å². The van der Waals surface area contributed by atoms with Crippen LogP contribution in [0.15, 0.2) is 9.52 Å². The average molecular weight is 409 g/mol. The van der Waals surface area contributed by atoms with Gasteiger partial charge >= 0.3 is 0 Å². The molecular weight excluding hydrogens is 381 g/mol. The summed E-state index contributed by atoms with van der Waals surface area (Å²) in [6, 6.07) is 0.372. The molecule has 0 radical (unpaired) electrons. The van der Waals surface area contributed by atoms with Crippen LogP contribution in [-0.2, 0) is 6.42 Å². The molecule has 0 aliphatic heterocycles. The van der Waals surface area contributed by atoms with Crippen LogP contribution in [0.4, 0.5) is 0 Å². The van der Waals surface area contributed by atoms with E-state index in [1.54, 1.807) is 7.05 Å². The van der Waals surface area contributed by atoms with E-state index in [0.717, 1.165) is 11.8 Å². The van der Waals surface area contributed by atoms with Gasteiger partial charge in [-0.2, -0.15) is 4.98 Å².